The van der Waals surface area contributed by atoms with Gasteiger partial charge >= 0.3 is 0 Å². The van der Waals surface area contributed by atoms with Crippen molar-refractivity contribution in [1.82, 2.24) is 9.97 Å². The first-order valence-corrected chi connectivity index (χ1v) is 5.69. The quantitative estimate of drug-likeness (QED) is 0.902. The number of nitrogens with zero attached hydrogens (tertiary/aromatic N) is 3. The lowest BCUT2D eigenvalue weighted by Crippen LogP contribution is -2.03. The van der Waals surface area contributed by atoms with Crippen LogP contribution in [0.3, 0.4) is 0 Å². The van der Waals surface area contributed by atoms with Gasteiger partial charge in [0.15, 0.2) is 11.6 Å². The minimum Gasteiger partial charge on any atom is -0.357 e. The number of hydrogen-bond donors (Lipinski definition) is 2. The fourth-order valence-corrected chi connectivity index (χ4v) is 1.62. The number of benzene rings is 1. The molecule has 2 N–H and O–H groups in total. The van der Waals surface area contributed by atoms with Gasteiger partial charge in [0.25, 0.3) is 0 Å². The smallest absolute Gasteiger partial charge is 0.224 e. The van der Waals surface area contributed by atoms with Crippen LogP contribution in [0.4, 0.5) is 21.8 Å². The van der Waals surface area contributed by atoms with Gasteiger partial charge in [0.1, 0.15) is 0 Å². The highest BCUT2D eigenvalue weighted by atomic mass is 35.5. The predicted octanol–water partition coefficient (Wildman–Crippen LogP) is 2.93. The minimum absolute atomic E-state index is 0.00552. The third-order valence-corrected chi connectivity index (χ3v) is 2.63. The Morgan fingerprint density at radius 2 is 2.21 bits per heavy atom. The Morgan fingerprint density at radius 3 is 2.84 bits per heavy atom. The Bertz CT molecular complexity index is 653. The van der Waals surface area contributed by atoms with Gasteiger partial charge in [-0.1, -0.05) is 11.6 Å². The van der Waals surface area contributed by atoms with Crippen LogP contribution in [-0.4, -0.2) is 17.0 Å². The Kier molecular flexibility index (Phi) is 3.78. The largest absolute Gasteiger partial charge is 0.357 e. The molecule has 7 heteroatoms. The van der Waals surface area contributed by atoms with Crippen LogP contribution in [0.25, 0.3) is 0 Å². The third-order valence-electron chi connectivity index (χ3n) is 2.32. The van der Waals surface area contributed by atoms with Crippen molar-refractivity contribution >= 4 is 29.1 Å². The molecule has 0 spiro atoms. The van der Waals surface area contributed by atoms with Gasteiger partial charge in [0.2, 0.25) is 5.95 Å². The molecule has 0 bridgehead atoms. The zero-order chi connectivity index (χ0) is 13.8. The number of hydrogen-bond acceptors (Lipinski definition) is 5. The summed E-state index contributed by atoms with van der Waals surface area (Å²) in [5, 5.41) is 14.5. The summed E-state index contributed by atoms with van der Waals surface area (Å²) >= 11 is 5.99. The molecule has 0 unspecified atom stereocenters. The van der Waals surface area contributed by atoms with Gasteiger partial charge in [0, 0.05) is 7.05 Å². The molecule has 2 rings (SSSR count). The highest BCUT2D eigenvalue weighted by Crippen LogP contribution is 2.26. The molecule has 0 atom stereocenters. The maximum atomic E-state index is 13.6. The van der Waals surface area contributed by atoms with Gasteiger partial charge in [-0.15, -0.1) is 0 Å². The molecule has 0 aliphatic carbocycles. The Hall–Kier alpha value is -2.39. The zero-order valence-corrected chi connectivity index (χ0v) is 10.7. The fourth-order valence-electron chi connectivity index (χ4n) is 1.39. The molecular formula is C12H9ClFN5. The number of anilines is 3. The average molecular weight is 278 g/mol. The van der Waals surface area contributed by atoms with Crippen LogP contribution < -0.4 is 10.6 Å². The Morgan fingerprint density at radius 1 is 1.42 bits per heavy atom. The van der Waals surface area contributed by atoms with Gasteiger partial charge in [-0.25, -0.2) is 9.37 Å². The summed E-state index contributed by atoms with van der Waals surface area (Å²) in [7, 11) is 1.63. The molecule has 0 saturated heterocycles. The summed E-state index contributed by atoms with van der Waals surface area (Å²) in [5.41, 5.74) is 0.884. The van der Waals surface area contributed by atoms with Crippen molar-refractivity contribution in [3.8, 4) is 6.07 Å². The summed E-state index contributed by atoms with van der Waals surface area (Å²) in [5.74, 6) is -0.306. The topological polar surface area (TPSA) is 73.6 Å². The monoisotopic (exact) mass is 277 g/mol. The third kappa shape index (κ3) is 2.89. The highest BCUT2D eigenvalue weighted by molar-refractivity contribution is 6.33. The first-order valence-electron chi connectivity index (χ1n) is 5.31. The fraction of sp³-hybridized carbons (Fsp3) is 0.0833. The van der Waals surface area contributed by atoms with Gasteiger partial charge in [-0.05, 0) is 18.2 Å². The van der Waals surface area contributed by atoms with E-state index >= 15 is 0 Å². The lowest BCUT2D eigenvalue weighted by atomic mass is 10.2. The molecule has 19 heavy (non-hydrogen) atoms. The molecule has 2 aromatic rings. The molecule has 1 aromatic carbocycles. The number of halogens is 2. The SMILES string of the molecule is CNc1ncc(F)c(Nc2ccc(C#N)cc2Cl)n1. The van der Waals surface area contributed by atoms with Crippen molar-refractivity contribution in [3.63, 3.8) is 0 Å². The van der Waals surface area contributed by atoms with E-state index in [1.54, 1.807) is 19.2 Å². The number of nitrogens with one attached hydrogen (secondary N) is 2. The molecule has 96 valence electrons. The molecule has 0 radical (unpaired) electrons. The van der Waals surface area contributed by atoms with Gasteiger partial charge in [-0.3, -0.25) is 0 Å². The van der Waals surface area contributed by atoms with Crippen LogP contribution in [0.5, 0.6) is 0 Å². The summed E-state index contributed by atoms with van der Waals surface area (Å²) in [6.45, 7) is 0. The molecule has 1 aromatic heterocycles. The molecule has 0 saturated carbocycles. The van der Waals surface area contributed by atoms with Crippen molar-refractivity contribution in [1.29, 1.82) is 5.26 Å². The summed E-state index contributed by atoms with van der Waals surface area (Å²) in [6.07, 6.45) is 1.05. The lowest BCUT2D eigenvalue weighted by molar-refractivity contribution is 0.619. The van der Waals surface area contributed by atoms with E-state index in [-0.39, 0.29) is 11.8 Å². The van der Waals surface area contributed by atoms with E-state index in [0.717, 1.165) is 6.20 Å². The molecule has 0 aliphatic heterocycles. The normalized spacial score (nSPS) is 9.79. The first-order chi connectivity index (χ1) is 9.13. The van der Waals surface area contributed by atoms with Crippen LogP contribution >= 0.6 is 11.6 Å². The van der Waals surface area contributed by atoms with Crippen LogP contribution in [-0.2, 0) is 0 Å². The molecule has 5 nitrogen and oxygen atoms in total. The summed E-state index contributed by atoms with van der Waals surface area (Å²) in [4.78, 5) is 7.67. The van der Waals surface area contributed by atoms with Crippen LogP contribution in [0, 0.1) is 17.1 Å². The van der Waals surface area contributed by atoms with Crippen LogP contribution in [0.2, 0.25) is 5.02 Å². The molecule has 1 heterocycles. The van der Waals surface area contributed by atoms with E-state index in [4.69, 9.17) is 16.9 Å². The van der Waals surface area contributed by atoms with Gasteiger partial charge in [0.05, 0.1) is 28.5 Å². The van der Waals surface area contributed by atoms with E-state index in [0.29, 0.717) is 16.3 Å². The molecular weight excluding hydrogens is 269 g/mol. The maximum Gasteiger partial charge on any atom is 0.224 e. The molecule has 0 amide bonds. The average Bonchev–Trinajstić information content (AvgIpc) is 2.43. The zero-order valence-electron chi connectivity index (χ0n) is 9.91. The van der Waals surface area contributed by atoms with E-state index in [9.17, 15) is 4.39 Å². The lowest BCUT2D eigenvalue weighted by Gasteiger charge is -2.09. The standard InChI is InChI=1S/C12H9ClFN5/c1-16-12-17-6-9(14)11(19-12)18-10-3-2-7(5-15)4-8(10)13/h2-4,6H,1H3,(H2,16,17,18,19). The second kappa shape index (κ2) is 5.50. The van der Waals surface area contributed by atoms with E-state index < -0.39 is 5.82 Å². The second-order valence-electron chi connectivity index (χ2n) is 3.57. The molecule has 0 fully saturated rings. The second-order valence-corrected chi connectivity index (χ2v) is 3.98. The van der Waals surface area contributed by atoms with E-state index in [2.05, 4.69) is 20.6 Å². The van der Waals surface area contributed by atoms with Crippen LogP contribution in [0.1, 0.15) is 5.56 Å². The summed E-state index contributed by atoms with van der Waals surface area (Å²) < 4.78 is 13.6. The first kappa shape index (κ1) is 13.1. The van der Waals surface area contributed by atoms with E-state index in [1.165, 1.54) is 6.07 Å². The Balaban J connectivity index is 2.33. The van der Waals surface area contributed by atoms with Gasteiger partial charge in [-0.2, -0.15) is 10.2 Å². The highest BCUT2D eigenvalue weighted by Gasteiger charge is 2.09. The van der Waals surface area contributed by atoms with Crippen molar-refractivity contribution < 1.29 is 4.39 Å². The van der Waals surface area contributed by atoms with Crippen LogP contribution in [0.15, 0.2) is 24.4 Å². The number of rotatable bonds is 3. The number of nitriles is 1. The van der Waals surface area contributed by atoms with E-state index in [1.807, 2.05) is 6.07 Å². The number of aromatic nitrogens is 2. The molecule has 0 aliphatic rings. The van der Waals surface area contributed by atoms with Crippen molar-refractivity contribution in [2.24, 2.45) is 0 Å². The predicted molar refractivity (Wildman–Crippen MR) is 71.0 cm³/mol. The van der Waals surface area contributed by atoms with Crippen molar-refractivity contribution in [3.05, 3.63) is 40.8 Å². The Labute approximate surface area is 114 Å². The van der Waals surface area contributed by atoms with Crippen molar-refractivity contribution in [2.75, 3.05) is 17.7 Å². The van der Waals surface area contributed by atoms with Crippen molar-refractivity contribution in [2.45, 2.75) is 0 Å². The maximum absolute atomic E-state index is 13.6. The summed E-state index contributed by atoms with van der Waals surface area (Å²) in [6, 6.07) is 6.62. The minimum atomic E-state index is -0.598. The van der Waals surface area contributed by atoms with Gasteiger partial charge < -0.3 is 10.6 Å².